The summed E-state index contributed by atoms with van der Waals surface area (Å²) in [5.74, 6) is 2.43. The first-order valence-electron chi connectivity index (χ1n) is 10.0. The Balaban J connectivity index is 1.35. The van der Waals surface area contributed by atoms with Crippen molar-refractivity contribution >= 4 is 11.8 Å². The average Bonchev–Trinajstić information content (AvgIpc) is 3.32. The molecule has 2 heterocycles. The van der Waals surface area contributed by atoms with Gasteiger partial charge in [-0.2, -0.15) is 4.98 Å². The van der Waals surface area contributed by atoms with Gasteiger partial charge in [0.1, 0.15) is 0 Å². The predicted molar refractivity (Wildman–Crippen MR) is 94.3 cm³/mol. The third-order valence-corrected chi connectivity index (χ3v) is 5.99. The third-order valence-electron chi connectivity index (χ3n) is 5.99. The maximum atomic E-state index is 12.6. The van der Waals surface area contributed by atoms with Crippen LogP contribution in [-0.2, 0) is 16.0 Å². The molecular weight excluding hydrogens is 332 g/mol. The van der Waals surface area contributed by atoms with Crippen LogP contribution in [0, 0.1) is 5.92 Å². The van der Waals surface area contributed by atoms with E-state index in [1.807, 2.05) is 9.80 Å². The van der Waals surface area contributed by atoms with Crippen LogP contribution < -0.4 is 0 Å². The summed E-state index contributed by atoms with van der Waals surface area (Å²) in [6.45, 7) is 3.68. The van der Waals surface area contributed by atoms with Gasteiger partial charge in [-0.3, -0.25) is 9.59 Å². The van der Waals surface area contributed by atoms with Gasteiger partial charge in [0.15, 0.2) is 5.82 Å². The van der Waals surface area contributed by atoms with E-state index < -0.39 is 0 Å². The largest absolute Gasteiger partial charge is 0.340 e. The molecule has 3 fully saturated rings. The highest BCUT2D eigenvalue weighted by Crippen LogP contribution is 2.38. The second-order valence-corrected chi connectivity index (χ2v) is 7.99. The number of carbonyl (C=O) groups is 2. The Hall–Kier alpha value is -1.92. The summed E-state index contributed by atoms with van der Waals surface area (Å²) in [7, 11) is 0. The highest BCUT2D eigenvalue weighted by molar-refractivity contribution is 5.80. The van der Waals surface area contributed by atoms with Crippen molar-refractivity contribution in [3.05, 3.63) is 11.7 Å². The predicted octanol–water partition coefficient (Wildman–Crippen LogP) is 2.13. The van der Waals surface area contributed by atoms with Crippen molar-refractivity contribution in [1.82, 2.24) is 19.9 Å². The molecule has 4 rings (SSSR count). The molecule has 2 aliphatic carbocycles. The van der Waals surface area contributed by atoms with Crippen LogP contribution in [0.1, 0.15) is 69.5 Å². The molecule has 0 bridgehead atoms. The lowest BCUT2D eigenvalue weighted by molar-refractivity contribution is -0.143. The molecule has 1 unspecified atom stereocenters. The van der Waals surface area contributed by atoms with Crippen LogP contribution in [0.5, 0.6) is 0 Å². The SMILES string of the molecule is CC(=O)N(CCc1noc(C2CC2)n1)C1CCCN(C(=O)C2CCC2)C1. The minimum Gasteiger partial charge on any atom is -0.340 e. The summed E-state index contributed by atoms with van der Waals surface area (Å²) in [5, 5.41) is 4.05. The quantitative estimate of drug-likeness (QED) is 0.776. The van der Waals surface area contributed by atoms with Crippen molar-refractivity contribution in [3.63, 3.8) is 0 Å². The molecule has 7 nitrogen and oxygen atoms in total. The molecule has 3 aliphatic rings. The van der Waals surface area contributed by atoms with E-state index in [2.05, 4.69) is 10.1 Å². The highest BCUT2D eigenvalue weighted by atomic mass is 16.5. The van der Waals surface area contributed by atoms with E-state index in [1.165, 1.54) is 6.42 Å². The summed E-state index contributed by atoms with van der Waals surface area (Å²) in [4.78, 5) is 33.1. The lowest BCUT2D eigenvalue weighted by Crippen LogP contribution is -2.53. The highest BCUT2D eigenvalue weighted by Gasteiger charge is 2.34. The first kappa shape index (κ1) is 17.5. The minimum atomic E-state index is 0.0545. The topological polar surface area (TPSA) is 79.5 Å². The maximum Gasteiger partial charge on any atom is 0.229 e. The van der Waals surface area contributed by atoms with Crippen molar-refractivity contribution in [3.8, 4) is 0 Å². The first-order valence-corrected chi connectivity index (χ1v) is 10.0. The maximum absolute atomic E-state index is 12.6. The van der Waals surface area contributed by atoms with Crippen LogP contribution in [0.2, 0.25) is 0 Å². The number of nitrogens with zero attached hydrogens (tertiary/aromatic N) is 4. The Morgan fingerprint density at radius 2 is 2.00 bits per heavy atom. The summed E-state index contributed by atoms with van der Waals surface area (Å²) >= 11 is 0. The number of likely N-dealkylation sites (tertiary alicyclic amines) is 1. The zero-order valence-corrected chi connectivity index (χ0v) is 15.5. The molecule has 1 aromatic rings. The summed E-state index contributed by atoms with van der Waals surface area (Å²) in [6, 6.07) is 0.0973. The normalized spacial score (nSPS) is 23.6. The molecule has 0 N–H and O–H groups in total. The number of amides is 2. The van der Waals surface area contributed by atoms with Crippen molar-refractivity contribution in [2.24, 2.45) is 5.92 Å². The van der Waals surface area contributed by atoms with Gasteiger partial charge in [0.2, 0.25) is 17.7 Å². The fourth-order valence-electron chi connectivity index (χ4n) is 4.01. The molecule has 26 heavy (non-hydrogen) atoms. The van der Waals surface area contributed by atoms with E-state index in [1.54, 1.807) is 6.92 Å². The van der Waals surface area contributed by atoms with Crippen molar-refractivity contribution in [2.75, 3.05) is 19.6 Å². The van der Waals surface area contributed by atoms with E-state index >= 15 is 0 Å². The van der Waals surface area contributed by atoms with E-state index in [9.17, 15) is 9.59 Å². The van der Waals surface area contributed by atoms with Gasteiger partial charge in [0, 0.05) is 50.9 Å². The van der Waals surface area contributed by atoms with E-state index in [-0.39, 0.29) is 23.8 Å². The fraction of sp³-hybridized carbons (Fsp3) is 0.789. The zero-order valence-electron chi connectivity index (χ0n) is 15.5. The van der Waals surface area contributed by atoms with E-state index in [0.29, 0.717) is 31.3 Å². The summed E-state index contributed by atoms with van der Waals surface area (Å²) in [6.07, 6.45) is 8.00. The van der Waals surface area contributed by atoms with Crippen LogP contribution >= 0.6 is 0 Å². The lowest BCUT2D eigenvalue weighted by atomic mass is 9.84. The molecule has 1 atom stereocenters. The summed E-state index contributed by atoms with van der Waals surface area (Å²) < 4.78 is 5.30. The van der Waals surface area contributed by atoms with Crippen LogP contribution in [0.3, 0.4) is 0 Å². The van der Waals surface area contributed by atoms with Crippen LogP contribution in [-0.4, -0.2) is 57.4 Å². The number of hydrogen-bond acceptors (Lipinski definition) is 5. The smallest absolute Gasteiger partial charge is 0.229 e. The molecular formula is C19H28N4O3. The van der Waals surface area contributed by atoms with Crippen molar-refractivity contribution in [1.29, 1.82) is 0 Å². The van der Waals surface area contributed by atoms with Crippen molar-refractivity contribution in [2.45, 2.75) is 70.3 Å². The Morgan fingerprint density at radius 1 is 1.19 bits per heavy atom. The molecule has 7 heteroatoms. The monoisotopic (exact) mass is 360 g/mol. The van der Waals surface area contributed by atoms with Gasteiger partial charge in [0.25, 0.3) is 0 Å². The fourth-order valence-corrected chi connectivity index (χ4v) is 4.01. The van der Waals surface area contributed by atoms with Gasteiger partial charge in [-0.25, -0.2) is 0 Å². The molecule has 1 aromatic heterocycles. The Kier molecular flexibility index (Phi) is 4.96. The van der Waals surface area contributed by atoms with E-state index in [4.69, 9.17) is 4.52 Å². The molecule has 1 aliphatic heterocycles. The molecule has 0 radical (unpaired) electrons. The first-order chi connectivity index (χ1) is 12.6. The van der Waals surface area contributed by atoms with Crippen LogP contribution in [0.25, 0.3) is 0 Å². The second-order valence-electron chi connectivity index (χ2n) is 7.99. The number of rotatable bonds is 6. The van der Waals surface area contributed by atoms with Crippen LogP contribution in [0.15, 0.2) is 4.52 Å². The standard InChI is InChI=1S/C19H28N4O3/c1-13(24)23(11-9-17-20-18(26-21-17)14-7-8-14)16-6-3-10-22(12-16)19(25)15-4-2-5-15/h14-16H,2-12H2,1H3. The molecule has 2 saturated carbocycles. The van der Waals surface area contributed by atoms with Gasteiger partial charge in [0.05, 0.1) is 0 Å². The second kappa shape index (κ2) is 7.37. The number of aromatic nitrogens is 2. The number of piperidine rings is 1. The third kappa shape index (κ3) is 3.76. The Labute approximate surface area is 154 Å². The molecule has 142 valence electrons. The van der Waals surface area contributed by atoms with E-state index in [0.717, 1.165) is 51.0 Å². The van der Waals surface area contributed by atoms with Gasteiger partial charge >= 0.3 is 0 Å². The summed E-state index contributed by atoms with van der Waals surface area (Å²) in [5.41, 5.74) is 0. The number of hydrogen-bond donors (Lipinski definition) is 0. The lowest BCUT2D eigenvalue weighted by Gasteiger charge is -2.41. The molecule has 1 saturated heterocycles. The van der Waals surface area contributed by atoms with Crippen molar-refractivity contribution < 1.29 is 14.1 Å². The van der Waals surface area contributed by atoms with Gasteiger partial charge in [-0.1, -0.05) is 11.6 Å². The Morgan fingerprint density at radius 3 is 2.65 bits per heavy atom. The zero-order chi connectivity index (χ0) is 18.1. The van der Waals surface area contributed by atoms with Gasteiger partial charge in [-0.15, -0.1) is 0 Å². The minimum absolute atomic E-state index is 0.0545. The van der Waals surface area contributed by atoms with Crippen LogP contribution in [0.4, 0.5) is 0 Å². The molecule has 0 aromatic carbocycles. The van der Waals surface area contributed by atoms with Gasteiger partial charge in [-0.05, 0) is 38.5 Å². The molecule has 2 amide bonds. The average molecular weight is 360 g/mol. The Bertz CT molecular complexity index is 665. The number of carbonyl (C=O) groups excluding carboxylic acids is 2. The molecule has 0 spiro atoms. The van der Waals surface area contributed by atoms with Gasteiger partial charge < -0.3 is 14.3 Å².